The Kier molecular flexibility index (Phi) is 6.10. The zero-order valence-electron chi connectivity index (χ0n) is 18.7. The summed E-state index contributed by atoms with van der Waals surface area (Å²) in [5.74, 6) is -1.41. The van der Waals surface area contributed by atoms with Crippen molar-refractivity contribution in [3.05, 3.63) is 47.1 Å². The third-order valence-corrected chi connectivity index (χ3v) is 6.04. The van der Waals surface area contributed by atoms with Gasteiger partial charge in [0, 0.05) is 44.8 Å². The molecule has 2 aromatic heterocycles. The summed E-state index contributed by atoms with van der Waals surface area (Å²) in [6.45, 7) is 0.206. The molecule has 1 N–H and O–H groups in total. The molecule has 0 unspecified atom stereocenters. The number of halogens is 1. The Balaban J connectivity index is 1.26. The lowest BCUT2D eigenvalue weighted by Crippen LogP contribution is -2.59. The Morgan fingerprint density at radius 3 is 2.25 bits per heavy atom. The normalized spacial score (nSPS) is 19.8. The van der Waals surface area contributed by atoms with Crippen LogP contribution in [0.15, 0.2) is 30.7 Å². The summed E-state index contributed by atoms with van der Waals surface area (Å²) in [7, 11) is 0. The van der Waals surface area contributed by atoms with E-state index in [1.165, 1.54) is 39.4 Å². The van der Waals surface area contributed by atoms with E-state index in [-0.39, 0.29) is 56.5 Å². The fraction of sp³-hybridized carbons (Fsp3) is 0.333. The first-order valence-corrected chi connectivity index (χ1v) is 11.3. The molecule has 0 saturated carbocycles. The molecule has 36 heavy (non-hydrogen) atoms. The molecule has 5 rings (SSSR count). The number of carbonyl (C=O) groups is 5. The number of fused-ring (bicyclic) bond motifs is 1. The van der Waals surface area contributed by atoms with Gasteiger partial charge in [0.2, 0.25) is 18.0 Å². The van der Waals surface area contributed by atoms with E-state index in [0.29, 0.717) is 5.02 Å². The standard InChI is InChI=1S/C21H19ClN8O6/c22-12-1-2-13(25-9-12)30-18(33)16-17(24-4-3-23-16)19(30)36-21(35)28-7-5-27(6-8-28)20(34)29-10-14(31)26-15(32)11-29/h1-4,9,19H,5-8,10-11H2,(H,26,31,32)/t19-/m1/s1. The number of nitrogens with zero attached hydrogens (tertiary/aromatic N) is 7. The van der Waals surface area contributed by atoms with Crippen molar-refractivity contribution >= 4 is 47.3 Å². The van der Waals surface area contributed by atoms with Crippen LogP contribution in [-0.2, 0) is 14.3 Å². The van der Waals surface area contributed by atoms with Gasteiger partial charge in [-0.1, -0.05) is 11.6 Å². The van der Waals surface area contributed by atoms with Gasteiger partial charge in [0.05, 0.1) is 5.02 Å². The maximum Gasteiger partial charge on any atom is 0.412 e. The lowest BCUT2D eigenvalue weighted by atomic mass is 10.3. The van der Waals surface area contributed by atoms with Crippen molar-refractivity contribution in [2.75, 3.05) is 44.2 Å². The Hall–Kier alpha value is -4.33. The number of carbonyl (C=O) groups excluding carboxylic acids is 5. The number of piperazine rings is 2. The van der Waals surface area contributed by atoms with Crippen molar-refractivity contribution in [2.45, 2.75) is 6.23 Å². The van der Waals surface area contributed by atoms with Gasteiger partial charge in [-0.15, -0.1) is 0 Å². The number of anilines is 1. The van der Waals surface area contributed by atoms with E-state index in [1.54, 1.807) is 6.07 Å². The molecule has 15 heteroatoms. The van der Waals surface area contributed by atoms with Gasteiger partial charge in [0.25, 0.3) is 5.91 Å². The number of nitrogens with one attached hydrogen (secondary N) is 1. The van der Waals surface area contributed by atoms with Gasteiger partial charge in [0.1, 0.15) is 24.6 Å². The fourth-order valence-electron chi connectivity index (χ4n) is 4.10. The maximum absolute atomic E-state index is 13.0. The SMILES string of the molecule is O=C1CN(C(=O)N2CCN(C(=O)O[C@@H]3c4nccnc4C(=O)N3c3ccc(Cl)cn3)CC2)CC(=O)N1. The Morgan fingerprint density at radius 1 is 0.917 bits per heavy atom. The van der Waals surface area contributed by atoms with Crippen LogP contribution in [0.25, 0.3) is 0 Å². The van der Waals surface area contributed by atoms with Crippen LogP contribution in [0.3, 0.4) is 0 Å². The van der Waals surface area contributed by atoms with Crippen molar-refractivity contribution in [3.8, 4) is 0 Å². The lowest BCUT2D eigenvalue weighted by Gasteiger charge is -2.38. The van der Waals surface area contributed by atoms with Crippen molar-refractivity contribution in [3.63, 3.8) is 0 Å². The molecule has 2 fully saturated rings. The summed E-state index contributed by atoms with van der Waals surface area (Å²) in [5, 5.41) is 2.51. The third-order valence-electron chi connectivity index (χ3n) is 5.81. The molecule has 3 aliphatic rings. The van der Waals surface area contributed by atoms with E-state index in [0.717, 1.165) is 4.90 Å². The highest BCUT2D eigenvalue weighted by Crippen LogP contribution is 2.35. The third kappa shape index (κ3) is 4.37. The average molecular weight is 515 g/mol. The second kappa shape index (κ2) is 9.37. The summed E-state index contributed by atoms with van der Waals surface area (Å²) in [4.78, 5) is 79.5. The summed E-state index contributed by atoms with van der Waals surface area (Å²) < 4.78 is 5.69. The van der Waals surface area contributed by atoms with Gasteiger partial charge in [-0.05, 0) is 12.1 Å². The van der Waals surface area contributed by atoms with E-state index in [1.807, 2.05) is 0 Å². The number of pyridine rings is 1. The van der Waals surface area contributed by atoms with Crippen molar-refractivity contribution < 1.29 is 28.7 Å². The quantitative estimate of drug-likeness (QED) is 0.545. The molecule has 0 aromatic carbocycles. The predicted octanol–water partition coefficient (Wildman–Crippen LogP) is 0.0166. The van der Waals surface area contributed by atoms with E-state index < -0.39 is 36.1 Å². The van der Waals surface area contributed by atoms with Crippen LogP contribution in [-0.4, -0.2) is 98.8 Å². The first kappa shape index (κ1) is 23.4. The Bertz CT molecular complexity index is 1230. The van der Waals surface area contributed by atoms with Gasteiger partial charge in [-0.3, -0.25) is 24.7 Å². The topological polar surface area (TPSA) is 158 Å². The number of amides is 6. The average Bonchev–Trinajstić information content (AvgIpc) is 3.15. The van der Waals surface area contributed by atoms with Crippen molar-refractivity contribution in [1.82, 2.24) is 35.0 Å². The summed E-state index contributed by atoms with van der Waals surface area (Å²) in [6.07, 6.45) is 2.21. The van der Waals surface area contributed by atoms with Crippen LogP contribution >= 0.6 is 11.6 Å². The van der Waals surface area contributed by atoms with Gasteiger partial charge in [-0.25, -0.2) is 24.5 Å². The minimum Gasteiger partial charge on any atom is -0.419 e. The van der Waals surface area contributed by atoms with Crippen LogP contribution in [0.1, 0.15) is 22.4 Å². The molecule has 2 aromatic rings. The van der Waals surface area contributed by atoms with Crippen LogP contribution < -0.4 is 10.2 Å². The van der Waals surface area contributed by atoms with Crippen LogP contribution in [0.4, 0.5) is 15.4 Å². The minimum atomic E-state index is -1.19. The van der Waals surface area contributed by atoms with E-state index >= 15 is 0 Å². The monoisotopic (exact) mass is 514 g/mol. The first-order chi connectivity index (χ1) is 17.3. The largest absolute Gasteiger partial charge is 0.419 e. The number of hydrogen-bond donors (Lipinski definition) is 1. The molecule has 5 heterocycles. The molecule has 0 aliphatic carbocycles. The number of hydrogen-bond acceptors (Lipinski definition) is 9. The van der Waals surface area contributed by atoms with Crippen LogP contribution in [0, 0.1) is 0 Å². The number of rotatable bonds is 2. The zero-order valence-corrected chi connectivity index (χ0v) is 19.4. The molecule has 1 atom stereocenters. The molecule has 2 saturated heterocycles. The van der Waals surface area contributed by atoms with Gasteiger partial charge in [0.15, 0.2) is 5.69 Å². The molecule has 0 radical (unpaired) electrons. The smallest absolute Gasteiger partial charge is 0.412 e. The Morgan fingerprint density at radius 2 is 1.58 bits per heavy atom. The number of imide groups is 1. The second-order valence-corrected chi connectivity index (χ2v) is 8.56. The molecular formula is C21H19ClN8O6. The molecular weight excluding hydrogens is 496 g/mol. The zero-order chi connectivity index (χ0) is 25.4. The van der Waals surface area contributed by atoms with Gasteiger partial charge >= 0.3 is 12.1 Å². The second-order valence-electron chi connectivity index (χ2n) is 8.12. The van der Waals surface area contributed by atoms with Crippen LogP contribution in [0.2, 0.25) is 5.02 Å². The number of ether oxygens (including phenoxy) is 1. The fourth-order valence-corrected chi connectivity index (χ4v) is 4.21. The van der Waals surface area contributed by atoms with Crippen molar-refractivity contribution in [1.29, 1.82) is 0 Å². The van der Waals surface area contributed by atoms with Gasteiger partial charge < -0.3 is 19.4 Å². The Labute approximate surface area is 208 Å². The predicted molar refractivity (Wildman–Crippen MR) is 121 cm³/mol. The maximum atomic E-state index is 13.0. The highest BCUT2D eigenvalue weighted by molar-refractivity contribution is 6.30. The highest BCUT2D eigenvalue weighted by Gasteiger charge is 2.44. The molecule has 0 spiro atoms. The number of urea groups is 1. The lowest BCUT2D eigenvalue weighted by molar-refractivity contribution is -0.135. The summed E-state index contributed by atoms with van der Waals surface area (Å²) in [5.41, 5.74) is 0.219. The van der Waals surface area contributed by atoms with E-state index in [4.69, 9.17) is 16.3 Å². The summed E-state index contributed by atoms with van der Waals surface area (Å²) >= 11 is 5.91. The molecule has 6 amide bonds. The van der Waals surface area contributed by atoms with E-state index in [9.17, 15) is 24.0 Å². The molecule has 14 nitrogen and oxygen atoms in total. The van der Waals surface area contributed by atoms with E-state index in [2.05, 4.69) is 20.3 Å². The van der Waals surface area contributed by atoms with Crippen molar-refractivity contribution in [2.24, 2.45) is 0 Å². The summed E-state index contributed by atoms with van der Waals surface area (Å²) in [6, 6.07) is 2.61. The first-order valence-electron chi connectivity index (χ1n) is 10.9. The number of aromatic nitrogens is 3. The van der Waals surface area contributed by atoms with Gasteiger partial charge in [-0.2, -0.15) is 0 Å². The van der Waals surface area contributed by atoms with Crippen LogP contribution in [0.5, 0.6) is 0 Å². The molecule has 3 aliphatic heterocycles. The molecule has 186 valence electrons. The molecule has 0 bridgehead atoms. The minimum absolute atomic E-state index is 0.0441. The highest BCUT2D eigenvalue weighted by atomic mass is 35.5.